The normalized spacial score (nSPS) is 11.4. The van der Waals surface area contributed by atoms with Crippen LogP contribution >= 0.6 is 11.6 Å². The molecule has 18 heavy (non-hydrogen) atoms. The van der Waals surface area contributed by atoms with Gasteiger partial charge in [0, 0.05) is 0 Å². The molecule has 0 saturated heterocycles. The smallest absolute Gasteiger partial charge is 0.253 e. The summed E-state index contributed by atoms with van der Waals surface area (Å²) in [6.45, 7) is 5.67. The Labute approximate surface area is 113 Å². The van der Waals surface area contributed by atoms with Crippen LogP contribution in [-0.2, 0) is 0 Å². The van der Waals surface area contributed by atoms with Crippen molar-refractivity contribution < 1.29 is 9.90 Å². The molecule has 0 radical (unpaired) electrons. The first kappa shape index (κ1) is 15.0. The summed E-state index contributed by atoms with van der Waals surface area (Å²) in [5.74, 6) is -0.235. The third kappa shape index (κ3) is 3.03. The van der Waals surface area contributed by atoms with Crippen molar-refractivity contribution in [2.45, 2.75) is 39.2 Å². The minimum atomic E-state index is -0.565. The van der Waals surface area contributed by atoms with Gasteiger partial charge in [-0.25, -0.2) is 0 Å². The molecule has 0 fully saturated rings. The summed E-state index contributed by atoms with van der Waals surface area (Å²) in [6, 6.07) is 5.35. The molecule has 0 aromatic heterocycles. The fourth-order valence-corrected chi connectivity index (χ4v) is 2.03. The number of aliphatic hydroxyl groups excluding tert-OH is 1. The molecule has 4 heteroatoms. The molecule has 1 amide bonds. The Balaban J connectivity index is 2.98. The van der Waals surface area contributed by atoms with Crippen molar-refractivity contribution in [1.82, 2.24) is 5.32 Å². The Hall–Kier alpha value is -1.06. The highest BCUT2D eigenvalue weighted by Crippen LogP contribution is 2.22. The van der Waals surface area contributed by atoms with Crippen LogP contribution in [0.25, 0.3) is 0 Å². The van der Waals surface area contributed by atoms with Crippen molar-refractivity contribution in [2.24, 2.45) is 0 Å². The minimum absolute atomic E-state index is 0.0742. The number of amides is 1. The van der Waals surface area contributed by atoms with E-state index < -0.39 is 5.54 Å². The number of nitrogens with one attached hydrogen (secondary N) is 1. The lowest BCUT2D eigenvalue weighted by atomic mass is 9.93. The molecule has 0 heterocycles. The van der Waals surface area contributed by atoms with E-state index in [1.807, 2.05) is 26.8 Å². The van der Waals surface area contributed by atoms with Crippen molar-refractivity contribution in [3.05, 3.63) is 34.3 Å². The molecule has 1 rings (SSSR count). The zero-order valence-electron chi connectivity index (χ0n) is 11.1. The van der Waals surface area contributed by atoms with Crippen molar-refractivity contribution in [2.75, 3.05) is 6.61 Å². The number of hydrogen-bond acceptors (Lipinski definition) is 2. The van der Waals surface area contributed by atoms with Crippen LogP contribution in [0.2, 0.25) is 5.02 Å². The predicted octanol–water partition coefficient (Wildman–Crippen LogP) is 2.93. The average molecular weight is 270 g/mol. The average Bonchev–Trinajstić information content (AvgIpc) is 2.39. The van der Waals surface area contributed by atoms with Crippen LogP contribution in [0.3, 0.4) is 0 Å². The van der Waals surface area contributed by atoms with Gasteiger partial charge in [-0.1, -0.05) is 37.6 Å². The van der Waals surface area contributed by atoms with Crippen LogP contribution in [0.15, 0.2) is 18.2 Å². The van der Waals surface area contributed by atoms with Crippen molar-refractivity contribution in [1.29, 1.82) is 0 Å². The number of hydrogen-bond donors (Lipinski definition) is 2. The second kappa shape index (κ2) is 6.21. The first-order chi connectivity index (χ1) is 8.49. The lowest BCUT2D eigenvalue weighted by Gasteiger charge is -2.31. The van der Waals surface area contributed by atoms with E-state index in [-0.39, 0.29) is 12.5 Å². The van der Waals surface area contributed by atoms with Gasteiger partial charge in [-0.2, -0.15) is 0 Å². The van der Waals surface area contributed by atoms with E-state index in [9.17, 15) is 9.90 Å². The standard InChI is InChI=1S/C14H20ClNO2/c1-4-14(5-2,9-17)16-13(18)11-8-6-7-10(3)12(11)15/h6-8,17H,4-5,9H2,1-3H3,(H,16,18). The van der Waals surface area contributed by atoms with E-state index in [0.717, 1.165) is 5.56 Å². The number of rotatable bonds is 5. The quantitative estimate of drug-likeness (QED) is 0.863. The van der Waals surface area contributed by atoms with Gasteiger partial charge in [0.05, 0.1) is 22.7 Å². The van der Waals surface area contributed by atoms with E-state index in [0.29, 0.717) is 23.4 Å². The maximum atomic E-state index is 12.2. The number of carbonyl (C=O) groups excluding carboxylic acids is 1. The Kier molecular flexibility index (Phi) is 5.17. The third-order valence-electron chi connectivity index (χ3n) is 3.47. The summed E-state index contributed by atoms with van der Waals surface area (Å²) in [5.41, 5.74) is 0.757. The zero-order chi connectivity index (χ0) is 13.8. The van der Waals surface area contributed by atoms with E-state index in [4.69, 9.17) is 11.6 Å². The SMILES string of the molecule is CCC(CC)(CO)NC(=O)c1cccc(C)c1Cl. The summed E-state index contributed by atoms with van der Waals surface area (Å²) in [7, 11) is 0. The summed E-state index contributed by atoms with van der Waals surface area (Å²) in [5, 5.41) is 12.8. The van der Waals surface area contributed by atoms with Gasteiger partial charge in [-0.15, -0.1) is 0 Å². The lowest BCUT2D eigenvalue weighted by Crippen LogP contribution is -2.50. The van der Waals surface area contributed by atoms with Gasteiger partial charge in [0.15, 0.2) is 0 Å². The number of aliphatic hydroxyl groups is 1. The number of halogens is 1. The van der Waals surface area contributed by atoms with Crippen molar-refractivity contribution in [3.63, 3.8) is 0 Å². The molecule has 0 unspecified atom stereocenters. The van der Waals surface area contributed by atoms with Crippen LogP contribution < -0.4 is 5.32 Å². The Morgan fingerprint density at radius 2 is 2.00 bits per heavy atom. The van der Waals surface area contributed by atoms with E-state index in [1.165, 1.54) is 0 Å². The topological polar surface area (TPSA) is 49.3 Å². The molecule has 1 aromatic rings. The molecule has 0 aliphatic rings. The first-order valence-corrected chi connectivity index (χ1v) is 6.56. The van der Waals surface area contributed by atoms with E-state index in [1.54, 1.807) is 12.1 Å². The van der Waals surface area contributed by atoms with Gasteiger partial charge in [-0.3, -0.25) is 4.79 Å². The van der Waals surface area contributed by atoms with Gasteiger partial charge in [0.2, 0.25) is 0 Å². The molecule has 0 bridgehead atoms. The van der Waals surface area contributed by atoms with E-state index >= 15 is 0 Å². The van der Waals surface area contributed by atoms with Crippen LogP contribution in [0.4, 0.5) is 0 Å². The number of carbonyl (C=O) groups is 1. The molecule has 2 N–H and O–H groups in total. The fraction of sp³-hybridized carbons (Fsp3) is 0.500. The Morgan fingerprint density at radius 3 is 2.50 bits per heavy atom. The second-order valence-corrected chi connectivity index (χ2v) is 4.91. The monoisotopic (exact) mass is 269 g/mol. The van der Waals surface area contributed by atoms with Gasteiger partial charge in [-0.05, 0) is 31.4 Å². The van der Waals surface area contributed by atoms with Crippen LogP contribution in [-0.4, -0.2) is 23.2 Å². The molecule has 0 aliphatic heterocycles. The summed E-state index contributed by atoms with van der Waals surface area (Å²) >= 11 is 6.12. The molecular weight excluding hydrogens is 250 g/mol. The van der Waals surface area contributed by atoms with Gasteiger partial charge in [0.1, 0.15) is 0 Å². The molecule has 1 aromatic carbocycles. The molecule has 0 aliphatic carbocycles. The number of benzene rings is 1. The first-order valence-electron chi connectivity index (χ1n) is 6.18. The molecule has 0 spiro atoms. The van der Waals surface area contributed by atoms with Crippen molar-refractivity contribution in [3.8, 4) is 0 Å². The largest absolute Gasteiger partial charge is 0.394 e. The maximum absolute atomic E-state index is 12.2. The van der Waals surface area contributed by atoms with Gasteiger partial charge in [0.25, 0.3) is 5.91 Å². The highest BCUT2D eigenvalue weighted by atomic mass is 35.5. The van der Waals surface area contributed by atoms with Crippen LogP contribution in [0, 0.1) is 6.92 Å². The van der Waals surface area contributed by atoms with E-state index in [2.05, 4.69) is 5.32 Å². The predicted molar refractivity (Wildman–Crippen MR) is 74.1 cm³/mol. The molecular formula is C14H20ClNO2. The zero-order valence-corrected chi connectivity index (χ0v) is 11.8. The van der Waals surface area contributed by atoms with Gasteiger partial charge >= 0.3 is 0 Å². The summed E-state index contributed by atoms with van der Waals surface area (Å²) in [6.07, 6.45) is 1.35. The Bertz CT molecular complexity index is 420. The molecule has 3 nitrogen and oxygen atoms in total. The van der Waals surface area contributed by atoms with Crippen molar-refractivity contribution >= 4 is 17.5 Å². The second-order valence-electron chi connectivity index (χ2n) is 4.54. The highest BCUT2D eigenvalue weighted by molar-refractivity contribution is 6.34. The van der Waals surface area contributed by atoms with Gasteiger partial charge < -0.3 is 10.4 Å². The lowest BCUT2D eigenvalue weighted by molar-refractivity contribution is 0.0818. The van der Waals surface area contributed by atoms with Crippen LogP contribution in [0.1, 0.15) is 42.6 Å². The Morgan fingerprint density at radius 1 is 1.39 bits per heavy atom. The number of aryl methyl sites for hydroxylation is 1. The molecule has 0 atom stereocenters. The maximum Gasteiger partial charge on any atom is 0.253 e. The highest BCUT2D eigenvalue weighted by Gasteiger charge is 2.28. The summed E-state index contributed by atoms with van der Waals surface area (Å²) in [4.78, 5) is 12.2. The molecule has 0 saturated carbocycles. The minimum Gasteiger partial charge on any atom is -0.394 e. The molecule has 100 valence electrons. The summed E-state index contributed by atoms with van der Waals surface area (Å²) < 4.78 is 0. The third-order valence-corrected chi connectivity index (χ3v) is 3.97. The fourth-order valence-electron chi connectivity index (χ4n) is 1.82. The van der Waals surface area contributed by atoms with Crippen LogP contribution in [0.5, 0.6) is 0 Å².